The number of amides is 2. The van der Waals surface area contributed by atoms with Gasteiger partial charge in [0.1, 0.15) is 11.5 Å². The minimum atomic E-state index is -0.516. The summed E-state index contributed by atoms with van der Waals surface area (Å²) in [5.74, 6) is -1.12. The molecular weight excluding hydrogens is 346 g/mol. The molecule has 0 bridgehead atoms. The van der Waals surface area contributed by atoms with Crippen LogP contribution < -0.4 is 10.7 Å². The summed E-state index contributed by atoms with van der Waals surface area (Å²) < 4.78 is 0. The number of carbonyl (C=O) groups excluding carboxylic acids is 2. The summed E-state index contributed by atoms with van der Waals surface area (Å²) in [6.45, 7) is -0.249. The summed E-state index contributed by atoms with van der Waals surface area (Å²) in [6, 6.07) is 16.9. The lowest BCUT2D eigenvalue weighted by Crippen LogP contribution is -2.35. The highest BCUT2D eigenvalue weighted by Gasteiger charge is 2.10. The lowest BCUT2D eigenvalue weighted by Gasteiger charge is -2.07. The lowest BCUT2D eigenvalue weighted by molar-refractivity contribution is -0.120. The van der Waals surface area contributed by atoms with E-state index in [-0.39, 0.29) is 24.0 Å². The van der Waals surface area contributed by atoms with Crippen molar-refractivity contribution in [3.05, 3.63) is 71.8 Å². The van der Waals surface area contributed by atoms with Crippen LogP contribution in [-0.2, 0) is 4.79 Å². The second-order valence-corrected chi connectivity index (χ2v) is 5.75. The number of hydrogen-bond acceptors (Lipinski definition) is 5. The van der Waals surface area contributed by atoms with Gasteiger partial charge in [-0.1, -0.05) is 36.4 Å². The Kier molecular flexibility index (Phi) is 5.32. The van der Waals surface area contributed by atoms with Crippen LogP contribution in [0, 0.1) is 0 Å². The van der Waals surface area contributed by atoms with E-state index >= 15 is 0 Å². The summed E-state index contributed by atoms with van der Waals surface area (Å²) in [4.78, 5) is 24.2. The first kappa shape index (κ1) is 17.9. The summed E-state index contributed by atoms with van der Waals surface area (Å²) in [5.41, 5.74) is 3.07. The highest BCUT2D eigenvalue weighted by atomic mass is 16.3. The Hall–Kier alpha value is -3.87. The van der Waals surface area contributed by atoms with Gasteiger partial charge in [-0.15, -0.1) is 0 Å². The van der Waals surface area contributed by atoms with Crippen molar-refractivity contribution in [2.75, 3.05) is 6.54 Å². The van der Waals surface area contributed by atoms with Gasteiger partial charge in [0.15, 0.2) is 0 Å². The highest BCUT2D eigenvalue weighted by Crippen LogP contribution is 2.20. The van der Waals surface area contributed by atoms with Gasteiger partial charge >= 0.3 is 0 Å². The van der Waals surface area contributed by atoms with Crippen LogP contribution in [0.2, 0.25) is 0 Å². The molecule has 3 aromatic carbocycles. The molecule has 3 rings (SSSR count). The maximum absolute atomic E-state index is 12.3. The number of hydrogen-bond donors (Lipinski definition) is 4. The molecule has 0 aromatic heterocycles. The van der Waals surface area contributed by atoms with Crippen molar-refractivity contribution in [2.45, 2.75) is 0 Å². The molecule has 0 fully saturated rings. The Balaban J connectivity index is 1.57. The summed E-state index contributed by atoms with van der Waals surface area (Å²) in [5, 5.41) is 26.9. The fourth-order valence-corrected chi connectivity index (χ4v) is 2.53. The highest BCUT2D eigenvalue weighted by molar-refractivity contribution is 6.07. The zero-order valence-electron chi connectivity index (χ0n) is 14.2. The molecule has 0 heterocycles. The Labute approximate surface area is 155 Å². The third-order valence-electron chi connectivity index (χ3n) is 3.85. The quantitative estimate of drug-likeness (QED) is 0.411. The smallest absolute Gasteiger partial charge is 0.259 e. The van der Waals surface area contributed by atoms with Crippen LogP contribution >= 0.6 is 0 Å². The van der Waals surface area contributed by atoms with Crippen molar-refractivity contribution >= 4 is 28.8 Å². The summed E-state index contributed by atoms with van der Waals surface area (Å²) >= 11 is 0. The molecule has 7 nitrogen and oxygen atoms in total. The molecule has 4 N–H and O–H groups in total. The fraction of sp³-hybridized carbons (Fsp3) is 0.0500. The topological polar surface area (TPSA) is 111 Å². The van der Waals surface area contributed by atoms with E-state index in [4.69, 9.17) is 0 Å². The number of phenols is 2. The van der Waals surface area contributed by atoms with E-state index in [0.717, 1.165) is 16.8 Å². The van der Waals surface area contributed by atoms with Gasteiger partial charge in [-0.25, -0.2) is 5.43 Å². The maximum atomic E-state index is 12.3. The third-order valence-corrected chi connectivity index (χ3v) is 3.85. The number of phenolic OH excluding ortho intramolecular Hbond substituents is 2. The largest absolute Gasteiger partial charge is 0.508 e. The zero-order chi connectivity index (χ0) is 19.2. The minimum Gasteiger partial charge on any atom is -0.508 e. The monoisotopic (exact) mass is 363 g/mol. The lowest BCUT2D eigenvalue weighted by atomic mass is 10.0. The molecular formula is C20H17N3O4. The van der Waals surface area contributed by atoms with Crippen LogP contribution in [0.3, 0.4) is 0 Å². The SMILES string of the molecule is O=C(CNC(=O)c1cccc2ccccc12)NN=Cc1ccc(O)cc1O. The van der Waals surface area contributed by atoms with Crippen molar-refractivity contribution in [1.82, 2.24) is 10.7 Å². The average Bonchev–Trinajstić information content (AvgIpc) is 2.67. The number of rotatable bonds is 5. The molecule has 27 heavy (non-hydrogen) atoms. The molecule has 7 heteroatoms. The van der Waals surface area contributed by atoms with Crippen molar-refractivity contribution in [1.29, 1.82) is 0 Å². The van der Waals surface area contributed by atoms with Crippen LogP contribution in [0.4, 0.5) is 0 Å². The van der Waals surface area contributed by atoms with Crippen molar-refractivity contribution in [3.63, 3.8) is 0 Å². The number of aromatic hydroxyl groups is 2. The second-order valence-electron chi connectivity index (χ2n) is 5.75. The van der Waals surface area contributed by atoms with E-state index in [9.17, 15) is 19.8 Å². The Bertz CT molecular complexity index is 1030. The van der Waals surface area contributed by atoms with Crippen LogP contribution in [0.1, 0.15) is 15.9 Å². The van der Waals surface area contributed by atoms with Gasteiger partial charge in [-0.05, 0) is 29.0 Å². The predicted molar refractivity (Wildman–Crippen MR) is 102 cm³/mol. The van der Waals surface area contributed by atoms with Gasteiger partial charge < -0.3 is 15.5 Å². The third kappa shape index (κ3) is 4.40. The fourth-order valence-electron chi connectivity index (χ4n) is 2.53. The van der Waals surface area contributed by atoms with Gasteiger partial charge in [-0.3, -0.25) is 9.59 Å². The first-order valence-electron chi connectivity index (χ1n) is 8.14. The van der Waals surface area contributed by atoms with E-state index in [1.807, 2.05) is 30.3 Å². The van der Waals surface area contributed by atoms with E-state index in [1.165, 1.54) is 18.3 Å². The molecule has 0 saturated carbocycles. The van der Waals surface area contributed by atoms with Gasteiger partial charge in [0.25, 0.3) is 11.8 Å². The van der Waals surface area contributed by atoms with E-state index in [1.54, 1.807) is 12.1 Å². The van der Waals surface area contributed by atoms with Crippen LogP contribution in [-0.4, -0.2) is 34.8 Å². The Morgan fingerprint density at radius 1 is 1.00 bits per heavy atom. The Morgan fingerprint density at radius 3 is 2.59 bits per heavy atom. The van der Waals surface area contributed by atoms with Crippen LogP contribution in [0.5, 0.6) is 11.5 Å². The first-order chi connectivity index (χ1) is 13.0. The molecule has 136 valence electrons. The van der Waals surface area contributed by atoms with Gasteiger partial charge in [0.05, 0.1) is 12.8 Å². The summed E-state index contributed by atoms with van der Waals surface area (Å²) in [6.07, 6.45) is 1.24. The molecule has 0 spiro atoms. The van der Waals surface area contributed by atoms with Gasteiger partial charge in [-0.2, -0.15) is 5.10 Å². The Morgan fingerprint density at radius 2 is 1.78 bits per heavy atom. The molecule has 0 atom stereocenters. The molecule has 0 radical (unpaired) electrons. The maximum Gasteiger partial charge on any atom is 0.259 e. The van der Waals surface area contributed by atoms with Crippen LogP contribution in [0.15, 0.2) is 65.8 Å². The van der Waals surface area contributed by atoms with Crippen molar-refractivity contribution < 1.29 is 19.8 Å². The van der Waals surface area contributed by atoms with Gasteiger partial charge in [0.2, 0.25) is 0 Å². The number of nitrogens with zero attached hydrogens (tertiary/aromatic N) is 1. The van der Waals surface area contributed by atoms with Crippen LogP contribution in [0.25, 0.3) is 10.8 Å². The first-order valence-corrected chi connectivity index (χ1v) is 8.14. The number of carbonyl (C=O) groups is 2. The van der Waals surface area contributed by atoms with E-state index in [0.29, 0.717) is 11.1 Å². The molecule has 2 amide bonds. The number of benzene rings is 3. The van der Waals surface area contributed by atoms with E-state index < -0.39 is 5.91 Å². The normalized spacial score (nSPS) is 10.8. The number of hydrazone groups is 1. The molecule has 0 aliphatic rings. The van der Waals surface area contributed by atoms with Crippen molar-refractivity contribution in [3.8, 4) is 11.5 Å². The number of nitrogens with one attached hydrogen (secondary N) is 2. The molecule has 3 aromatic rings. The molecule has 0 unspecified atom stereocenters. The molecule has 0 aliphatic heterocycles. The van der Waals surface area contributed by atoms with E-state index in [2.05, 4.69) is 15.8 Å². The zero-order valence-corrected chi connectivity index (χ0v) is 14.2. The number of fused-ring (bicyclic) bond motifs is 1. The average molecular weight is 363 g/mol. The van der Waals surface area contributed by atoms with Gasteiger partial charge in [0, 0.05) is 17.2 Å². The minimum absolute atomic E-state index is 0.0789. The summed E-state index contributed by atoms with van der Waals surface area (Å²) in [7, 11) is 0. The second kappa shape index (κ2) is 8.01. The molecule has 0 saturated heterocycles. The molecule has 0 aliphatic carbocycles. The van der Waals surface area contributed by atoms with Crippen molar-refractivity contribution in [2.24, 2.45) is 5.10 Å². The standard InChI is InChI=1S/C20H17N3O4/c24-15-9-8-14(18(25)10-15)11-22-23-19(26)12-21-20(27)17-7-3-5-13-4-1-2-6-16(13)17/h1-11,24-25H,12H2,(H,21,27)(H,23,26). The predicted octanol–water partition coefficient (Wildman–Crippen LogP) is 2.13.